The zero-order valence-corrected chi connectivity index (χ0v) is 17.8. The minimum atomic E-state index is 0.735. The second-order valence-corrected chi connectivity index (χ2v) is 6.86. The molecule has 0 rings (SSSR count). The van der Waals surface area contributed by atoms with Gasteiger partial charge in [-0.25, -0.2) is 0 Å². The Labute approximate surface area is 163 Å². The van der Waals surface area contributed by atoms with Crippen molar-refractivity contribution in [2.75, 3.05) is 52.9 Å². The zero-order chi connectivity index (χ0) is 19.0. The summed E-state index contributed by atoms with van der Waals surface area (Å²) in [7, 11) is 0. The van der Waals surface area contributed by atoms with Crippen LogP contribution in [0.4, 0.5) is 0 Å². The Morgan fingerprint density at radius 1 is 0.308 bits per heavy atom. The molecule has 0 N–H and O–H groups in total. The standard InChI is InChI=1S/C22H46O4/c1-3-23-19-21-25-17-15-13-11-9-7-5-6-8-10-12-14-16-18-26-22-20-24-4-2/h3-22H2,1-2H3. The van der Waals surface area contributed by atoms with E-state index in [2.05, 4.69) is 0 Å². The first-order chi connectivity index (χ1) is 12.9. The normalized spacial score (nSPS) is 11.3. The molecule has 0 aliphatic heterocycles. The summed E-state index contributed by atoms with van der Waals surface area (Å²) >= 11 is 0. The van der Waals surface area contributed by atoms with E-state index in [1.54, 1.807) is 0 Å². The molecule has 0 aromatic heterocycles. The Kier molecular flexibility index (Phi) is 24.7. The molecule has 26 heavy (non-hydrogen) atoms. The summed E-state index contributed by atoms with van der Waals surface area (Å²) in [5, 5.41) is 0. The summed E-state index contributed by atoms with van der Waals surface area (Å²) in [4.78, 5) is 0. The van der Waals surface area contributed by atoms with E-state index in [1.807, 2.05) is 13.8 Å². The van der Waals surface area contributed by atoms with Gasteiger partial charge in [0.05, 0.1) is 26.4 Å². The second-order valence-electron chi connectivity index (χ2n) is 6.86. The molecule has 0 aliphatic rings. The SMILES string of the molecule is CCOCCOCCCCCCCCCCCCCCOCCOCC. The lowest BCUT2D eigenvalue weighted by Gasteiger charge is -2.05. The minimum Gasteiger partial charge on any atom is -0.379 e. The van der Waals surface area contributed by atoms with Crippen LogP contribution >= 0.6 is 0 Å². The van der Waals surface area contributed by atoms with Crippen molar-refractivity contribution in [1.29, 1.82) is 0 Å². The first-order valence-corrected chi connectivity index (χ1v) is 11.2. The fraction of sp³-hybridized carbons (Fsp3) is 1.00. The highest BCUT2D eigenvalue weighted by atomic mass is 16.5. The predicted molar refractivity (Wildman–Crippen MR) is 110 cm³/mol. The van der Waals surface area contributed by atoms with Crippen molar-refractivity contribution in [2.45, 2.75) is 90.9 Å². The monoisotopic (exact) mass is 374 g/mol. The third-order valence-corrected chi connectivity index (χ3v) is 4.48. The third-order valence-electron chi connectivity index (χ3n) is 4.48. The molecule has 0 atom stereocenters. The van der Waals surface area contributed by atoms with Crippen LogP contribution in [0.25, 0.3) is 0 Å². The van der Waals surface area contributed by atoms with E-state index in [9.17, 15) is 0 Å². The molecule has 0 spiro atoms. The molecule has 0 heterocycles. The number of hydrogen-bond donors (Lipinski definition) is 0. The number of hydrogen-bond acceptors (Lipinski definition) is 4. The van der Waals surface area contributed by atoms with E-state index in [4.69, 9.17) is 18.9 Å². The van der Waals surface area contributed by atoms with E-state index in [0.717, 1.165) is 52.9 Å². The summed E-state index contributed by atoms with van der Waals surface area (Å²) in [6.07, 6.45) is 16.1. The predicted octanol–water partition coefficient (Wildman–Crippen LogP) is 5.77. The van der Waals surface area contributed by atoms with Crippen LogP contribution in [0.3, 0.4) is 0 Å². The Bertz CT molecular complexity index is 212. The first kappa shape index (κ1) is 25.8. The van der Waals surface area contributed by atoms with E-state index in [-0.39, 0.29) is 0 Å². The van der Waals surface area contributed by atoms with Crippen molar-refractivity contribution in [3.05, 3.63) is 0 Å². The van der Waals surface area contributed by atoms with Gasteiger partial charge in [0.15, 0.2) is 0 Å². The maximum Gasteiger partial charge on any atom is 0.0700 e. The highest BCUT2D eigenvalue weighted by Crippen LogP contribution is 2.12. The van der Waals surface area contributed by atoms with Crippen molar-refractivity contribution in [3.8, 4) is 0 Å². The average Bonchev–Trinajstić information content (AvgIpc) is 2.66. The molecule has 0 radical (unpaired) electrons. The van der Waals surface area contributed by atoms with Gasteiger partial charge in [-0.2, -0.15) is 0 Å². The average molecular weight is 375 g/mol. The topological polar surface area (TPSA) is 36.9 Å². The van der Waals surface area contributed by atoms with Gasteiger partial charge < -0.3 is 18.9 Å². The van der Waals surface area contributed by atoms with Crippen LogP contribution in [-0.4, -0.2) is 52.9 Å². The molecule has 4 heteroatoms. The summed E-state index contributed by atoms with van der Waals surface area (Å²) in [5.41, 5.74) is 0. The molecular weight excluding hydrogens is 328 g/mol. The first-order valence-electron chi connectivity index (χ1n) is 11.2. The van der Waals surface area contributed by atoms with Gasteiger partial charge in [0.2, 0.25) is 0 Å². The summed E-state index contributed by atoms with van der Waals surface area (Å²) < 4.78 is 21.5. The van der Waals surface area contributed by atoms with Gasteiger partial charge in [0, 0.05) is 26.4 Å². The summed E-state index contributed by atoms with van der Waals surface area (Å²) in [6.45, 7) is 10.4. The Morgan fingerprint density at radius 2 is 0.577 bits per heavy atom. The van der Waals surface area contributed by atoms with Gasteiger partial charge >= 0.3 is 0 Å². The largest absolute Gasteiger partial charge is 0.379 e. The lowest BCUT2D eigenvalue weighted by atomic mass is 10.1. The van der Waals surface area contributed by atoms with Gasteiger partial charge in [0.25, 0.3) is 0 Å². The smallest absolute Gasteiger partial charge is 0.0700 e. The molecule has 0 bridgehead atoms. The van der Waals surface area contributed by atoms with Crippen molar-refractivity contribution in [2.24, 2.45) is 0 Å². The lowest BCUT2D eigenvalue weighted by Crippen LogP contribution is -2.04. The molecule has 0 saturated heterocycles. The van der Waals surface area contributed by atoms with Gasteiger partial charge in [-0.15, -0.1) is 0 Å². The van der Waals surface area contributed by atoms with E-state index < -0.39 is 0 Å². The van der Waals surface area contributed by atoms with Crippen LogP contribution in [0.5, 0.6) is 0 Å². The Morgan fingerprint density at radius 3 is 0.885 bits per heavy atom. The van der Waals surface area contributed by atoms with Crippen LogP contribution in [0.2, 0.25) is 0 Å². The quantitative estimate of drug-likeness (QED) is 0.213. The van der Waals surface area contributed by atoms with Crippen LogP contribution in [0, 0.1) is 0 Å². The van der Waals surface area contributed by atoms with E-state index in [1.165, 1.54) is 77.0 Å². The molecular formula is C22H46O4. The lowest BCUT2D eigenvalue weighted by molar-refractivity contribution is 0.0512. The maximum atomic E-state index is 5.53. The van der Waals surface area contributed by atoms with Gasteiger partial charge in [0.1, 0.15) is 0 Å². The molecule has 158 valence electrons. The zero-order valence-electron chi connectivity index (χ0n) is 17.8. The molecule has 0 fully saturated rings. The van der Waals surface area contributed by atoms with Crippen molar-refractivity contribution in [3.63, 3.8) is 0 Å². The number of unbranched alkanes of at least 4 members (excludes halogenated alkanes) is 11. The highest BCUT2D eigenvalue weighted by Gasteiger charge is 1.95. The van der Waals surface area contributed by atoms with Gasteiger partial charge in [-0.05, 0) is 26.7 Å². The molecule has 0 amide bonds. The molecule has 4 nitrogen and oxygen atoms in total. The fourth-order valence-electron chi connectivity index (χ4n) is 2.90. The van der Waals surface area contributed by atoms with Gasteiger partial charge in [-0.3, -0.25) is 0 Å². The number of ether oxygens (including phenoxy) is 4. The van der Waals surface area contributed by atoms with E-state index >= 15 is 0 Å². The van der Waals surface area contributed by atoms with Crippen LogP contribution in [0.15, 0.2) is 0 Å². The van der Waals surface area contributed by atoms with Crippen LogP contribution < -0.4 is 0 Å². The van der Waals surface area contributed by atoms with Crippen LogP contribution in [0.1, 0.15) is 90.9 Å². The van der Waals surface area contributed by atoms with E-state index in [0.29, 0.717) is 0 Å². The Hall–Kier alpha value is -0.160. The van der Waals surface area contributed by atoms with Crippen molar-refractivity contribution >= 4 is 0 Å². The summed E-state index contributed by atoms with van der Waals surface area (Å²) in [5.74, 6) is 0. The molecule has 0 aliphatic carbocycles. The summed E-state index contributed by atoms with van der Waals surface area (Å²) in [6, 6.07) is 0. The Balaban J connectivity index is 2.95. The third kappa shape index (κ3) is 23.8. The fourth-order valence-corrected chi connectivity index (χ4v) is 2.90. The molecule has 0 aromatic rings. The van der Waals surface area contributed by atoms with Crippen LogP contribution in [-0.2, 0) is 18.9 Å². The molecule has 0 saturated carbocycles. The number of rotatable bonds is 23. The highest BCUT2D eigenvalue weighted by molar-refractivity contribution is 4.49. The minimum absolute atomic E-state index is 0.735. The molecule has 0 unspecified atom stereocenters. The second kappa shape index (κ2) is 24.8. The maximum absolute atomic E-state index is 5.53. The molecule has 0 aromatic carbocycles. The van der Waals surface area contributed by atoms with Crippen molar-refractivity contribution in [1.82, 2.24) is 0 Å². The van der Waals surface area contributed by atoms with Gasteiger partial charge in [-0.1, -0.05) is 64.2 Å². The van der Waals surface area contributed by atoms with Crippen molar-refractivity contribution < 1.29 is 18.9 Å².